The van der Waals surface area contributed by atoms with Crippen LogP contribution >= 0.6 is 11.3 Å². The summed E-state index contributed by atoms with van der Waals surface area (Å²) in [7, 11) is 0. The van der Waals surface area contributed by atoms with E-state index >= 15 is 0 Å². The lowest BCUT2D eigenvalue weighted by Gasteiger charge is -2.04. The number of nitrogens with zero attached hydrogens (tertiary/aromatic N) is 3. The highest BCUT2D eigenvalue weighted by atomic mass is 32.1. The fraction of sp³-hybridized carbons (Fsp3) is 0.100. The molecule has 0 aliphatic carbocycles. The van der Waals surface area contributed by atoms with Gasteiger partial charge in [0.25, 0.3) is 5.91 Å². The first-order chi connectivity index (χ1) is 13.9. The van der Waals surface area contributed by atoms with E-state index in [1.54, 1.807) is 6.92 Å². The molecular weight excluding hydrogens is 398 g/mol. The summed E-state index contributed by atoms with van der Waals surface area (Å²) in [5, 5.41) is 6.52. The lowest BCUT2D eigenvalue weighted by Crippen LogP contribution is -2.15. The Bertz CT molecular complexity index is 1200. The number of hydrogen-bond donors (Lipinski definition) is 1. The van der Waals surface area contributed by atoms with Gasteiger partial charge in [0.2, 0.25) is 11.7 Å². The van der Waals surface area contributed by atoms with E-state index in [-0.39, 0.29) is 11.0 Å². The van der Waals surface area contributed by atoms with Gasteiger partial charge in [0.15, 0.2) is 5.13 Å². The van der Waals surface area contributed by atoms with Crippen LogP contribution in [-0.2, 0) is 0 Å². The highest BCUT2D eigenvalue weighted by molar-refractivity contribution is 7.19. The van der Waals surface area contributed by atoms with Crippen molar-refractivity contribution in [3.63, 3.8) is 0 Å². The molecule has 0 unspecified atom stereocenters. The Kier molecular flexibility index (Phi) is 4.89. The van der Waals surface area contributed by atoms with Crippen molar-refractivity contribution in [2.24, 2.45) is 0 Å². The smallest absolute Gasteiger partial charge is 0.263 e. The molecule has 0 saturated heterocycles. The molecule has 0 aliphatic heterocycles. The standard InChI is InChI=1S/C20H14F2N4O2S/c1-10-5-3-6-12(9-10)17-16(18-23-11(2)28-26-18)24-20(29-17)25-19(27)15-13(21)7-4-8-14(15)22/h3-9H,1-2H3,(H,24,25,27). The zero-order valence-electron chi connectivity index (χ0n) is 15.4. The van der Waals surface area contributed by atoms with Gasteiger partial charge in [-0.25, -0.2) is 13.8 Å². The monoisotopic (exact) mass is 412 g/mol. The Morgan fingerprint density at radius 1 is 1.07 bits per heavy atom. The number of aromatic nitrogens is 3. The molecule has 2 aromatic carbocycles. The Morgan fingerprint density at radius 2 is 1.79 bits per heavy atom. The van der Waals surface area contributed by atoms with Crippen LogP contribution in [0.3, 0.4) is 0 Å². The normalized spacial score (nSPS) is 10.9. The average molecular weight is 412 g/mol. The summed E-state index contributed by atoms with van der Waals surface area (Å²) in [5.74, 6) is -2.21. The molecule has 6 nitrogen and oxygen atoms in total. The van der Waals surface area contributed by atoms with Crippen molar-refractivity contribution in [2.75, 3.05) is 5.32 Å². The van der Waals surface area contributed by atoms with Gasteiger partial charge in [-0.1, -0.05) is 52.4 Å². The van der Waals surface area contributed by atoms with E-state index in [9.17, 15) is 13.6 Å². The van der Waals surface area contributed by atoms with E-state index in [1.807, 2.05) is 31.2 Å². The highest BCUT2D eigenvalue weighted by Gasteiger charge is 2.23. The minimum Gasteiger partial charge on any atom is -0.339 e. The molecule has 9 heteroatoms. The van der Waals surface area contributed by atoms with Crippen molar-refractivity contribution in [2.45, 2.75) is 13.8 Å². The molecule has 0 spiro atoms. The first kappa shape index (κ1) is 18.9. The summed E-state index contributed by atoms with van der Waals surface area (Å²) in [6.07, 6.45) is 0. The zero-order valence-corrected chi connectivity index (χ0v) is 16.2. The largest absolute Gasteiger partial charge is 0.339 e. The van der Waals surface area contributed by atoms with Crippen LogP contribution in [0.5, 0.6) is 0 Å². The van der Waals surface area contributed by atoms with E-state index in [0.717, 1.165) is 34.6 Å². The predicted octanol–water partition coefficient (Wildman–Crippen LogP) is 5.01. The van der Waals surface area contributed by atoms with Gasteiger partial charge in [0.05, 0.1) is 4.88 Å². The average Bonchev–Trinajstić information content (AvgIpc) is 3.28. The molecule has 29 heavy (non-hydrogen) atoms. The summed E-state index contributed by atoms with van der Waals surface area (Å²) in [5.41, 5.74) is 1.61. The number of carbonyl (C=O) groups is 1. The number of anilines is 1. The molecule has 0 atom stereocenters. The highest BCUT2D eigenvalue weighted by Crippen LogP contribution is 2.38. The minimum atomic E-state index is -0.952. The van der Waals surface area contributed by atoms with E-state index in [0.29, 0.717) is 16.5 Å². The number of nitrogens with one attached hydrogen (secondary N) is 1. The number of carbonyl (C=O) groups excluding carboxylic acids is 1. The predicted molar refractivity (Wildman–Crippen MR) is 105 cm³/mol. The Morgan fingerprint density at radius 3 is 2.45 bits per heavy atom. The van der Waals surface area contributed by atoms with Crippen LogP contribution in [-0.4, -0.2) is 21.0 Å². The molecule has 0 radical (unpaired) electrons. The third-order valence-electron chi connectivity index (χ3n) is 4.06. The molecule has 4 rings (SSSR count). The molecule has 0 aliphatic rings. The second-order valence-corrected chi connectivity index (χ2v) is 7.25. The van der Waals surface area contributed by atoms with Gasteiger partial charge in [-0.2, -0.15) is 4.98 Å². The SMILES string of the molecule is Cc1cccc(-c2sc(NC(=O)c3c(F)cccc3F)nc2-c2noc(C)n2)c1. The third kappa shape index (κ3) is 3.77. The first-order valence-electron chi connectivity index (χ1n) is 8.56. The maximum absolute atomic E-state index is 13.9. The second kappa shape index (κ2) is 7.51. The number of hydrogen-bond acceptors (Lipinski definition) is 6. The van der Waals surface area contributed by atoms with Crippen LogP contribution in [0.4, 0.5) is 13.9 Å². The molecule has 0 fully saturated rings. The van der Waals surface area contributed by atoms with E-state index in [4.69, 9.17) is 4.52 Å². The molecule has 1 N–H and O–H groups in total. The fourth-order valence-corrected chi connectivity index (χ4v) is 3.73. The molecule has 1 amide bonds. The van der Waals surface area contributed by atoms with Gasteiger partial charge >= 0.3 is 0 Å². The van der Waals surface area contributed by atoms with Gasteiger partial charge in [0, 0.05) is 6.92 Å². The van der Waals surface area contributed by atoms with E-state index in [2.05, 4.69) is 20.4 Å². The van der Waals surface area contributed by atoms with E-state index in [1.165, 1.54) is 6.07 Å². The van der Waals surface area contributed by atoms with Gasteiger partial charge in [-0.15, -0.1) is 0 Å². The molecule has 2 aromatic heterocycles. The van der Waals surface area contributed by atoms with Crippen molar-refractivity contribution in [1.29, 1.82) is 0 Å². The van der Waals surface area contributed by atoms with Crippen molar-refractivity contribution in [3.8, 4) is 22.0 Å². The van der Waals surface area contributed by atoms with Gasteiger partial charge in [0.1, 0.15) is 22.9 Å². The van der Waals surface area contributed by atoms with Gasteiger partial charge in [-0.3, -0.25) is 10.1 Å². The molecule has 4 aromatic rings. The van der Waals surface area contributed by atoms with Crippen LogP contribution in [0.2, 0.25) is 0 Å². The number of halogens is 2. The van der Waals surface area contributed by atoms with Crippen molar-refractivity contribution >= 4 is 22.4 Å². The maximum atomic E-state index is 13.9. The molecule has 0 saturated carbocycles. The first-order valence-corrected chi connectivity index (χ1v) is 9.38. The van der Waals surface area contributed by atoms with Crippen LogP contribution in [0.15, 0.2) is 47.0 Å². The van der Waals surface area contributed by atoms with Crippen molar-refractivity contribution < 1.29 is 18.1 Å². The van der Waals surface area contributed by atoms with Gasteiger partial charge in [-0.05, 0) is 24.6 Å². The Hall–Kier alpha value is -3.46. The molecule has 0 bridgehead atoms. The summed E-state index contributed by atoms with van der Waals surface area (Å²) < 4.78 is 32.9. The number of rotatable bonds is 4. The summed E-state index contributed by atoms with van der Waals surface area (Å²) in [4.78, 5) is 21.7. The quantitative estimate of drug-likeness (QED) is 0.510. The van der Waals surface area contributed by atoms with Crippen molar-refractivity contribution in [1.82, 2.24) is 15.1 Å². The molecule has 146 valence electrons. The molecular formula is C20H14F2N4O2S. The fourth-order valence-electron chi connectivity index (χ4n) is 2.78. The number of amides is 1. The van der Waals surface area contributed by atoms with Crippen molar-refractivity contribution in [3.05, 3.63) is 71.1 Å². The lowest BCUT2D eigenvalue weighted by molar-refractivity contribution is 0.101. The zero-order chi connectivity index (χ0) is 20.5. The number of aryl methyl sites for hydroxylation is 2. The van der Waals surface area contributed by atoms with Crippen LogP contribution in [0, 0.1) is 25.5 Å². The van der Waals surface area contributed by atoms with Crippen LogP contribution in [0.1, 0.15) is 21.8 Å². The summed E-state index contributed by atoms with van der Waals surface area (Å²) >= 11 is 1.15. The number of benzene rings is 2. The van der Waals surface area contributed by atoms with E-state index < -0.39 is 23.1 Å². The van der Waals surface area contributed by atoms with Crippen LogP contribution in [0.25, 0.3) is 22.0 Å². The lowest BCUT2D eigenvalue weighted by atomic mass is 10.1. The molecule has 2 heterocycles. The Balaban J connectivity index is 1.76. The topological polar surface area (TPSA) is 80.9 Å². The summed E-state index contributed by atoms with van der Waals surface area (Å²) in [6, 6.07) is 10.9. The van der Waals surface area contributed by atoms with Crippen LogP contribution < -0.4 is 5.32 Å². The van der Waals surface area contributed by atoms with Gasteiger partial charge < -0.3 is 4.52 Å². The maximum Gasteiger partial charge on any atom is 0.263 e. The second-order valence-electron chi connectivity index (χ2n) is 6.25. The third-order valence-corrected chi connectivity index (χ3v) is 5.08. The minimum absolute atomic E-state index is 0.159. The summed E-state index contributed by atoms with van der Waals surface area (Å²) in [6.45, 7) is 3.60. The number of thiazole rings is 1. The Labute approximate surface area is 168 Å².